The molecule has 3 N–H and O–H groups in total. The summed E-state index contributed by atoms with van der Waals surface area (Å²) in [7, 11) is 0. The van der Waals surface area contributed by atoms with Crippen molar-refractivity contribution in [3.63, 3.8) is 0 Å². The van der Waals surface area contributed by atoms with Gasteiger partial charge in [-0.1, -0.05) is 0 Å². The molecule has 2 aromatic rings. The van der Waals surface area contributed by atoms with Crippen LogP contribution in [0.5, 0.6) is 0 Å². The van der Waals surface area contributed by atoms with Gasteiger partial charge in [0, 0.05) is 0 Å². The van der Waals surface area contributed by atoms with Crippen LogP contribution in [0.15, 0.2) is 23.0 Å². The summed E-state index contributed by atoms with van der Waals surface area (Å²) in [6, 6.07) is 0. The second kappa shape index (κ2) is 3.95. The summed E-state index contributed by atoms with van der Waals surface area (Å²) in [5.74, 6) is 2.37. The van der Waals surface area contributed by atoms with Crippen molar-refractivity contribution in [2.24, 2.45) is 0 Å². The van der Waals surface area contributed by atoms with E-state index in [4.69, 9.17) is 10.2 Å². The molecule has 0 bridgehead atoms. The van der Waals surface area contributed by atoms with E-state index in [2.05, 4.69) is 20.3 Å². The van der Waals surface area contributed by atoms with Crippen molar-refractivity contribution in [1.29, 1.82) is 0 Å². The quantitative estimate of drug-likeness (QED) is 0.775. The Kier molecular flexibility index (Phi) is 2.49. The molecule has 0 aliphatic rings. The topological polar surface area (TPSA) is 89.9 Å². The maximum atomic E-state index is 5.48. The number of nitrogens with two attached hydrogens (primary N) is 1. The second-order valence-electron chi connectivity index (χ2n) is 3.05. The highest BCUT2D eigenvalue weighted by Gasteiger charge is 2.01. The van der Waals surface area contributed by atoms with Gasteiger partial charge in [0.05, 0.1) is 25.1 Å². The van der Waals surface area contributed by atoms with Crippen LogP contribution in [0.1, 0.15) is 11.7 Å². The molecule has 0 radical (unpaired) electrons. The highest BCUT2D eigenvalue weighted by molar-refractivity contribution is 5.38. The monoisotopic (exact) mass is 205 g/mol. The van der Waals surface area contributed by atoms with E-state index >= 15 is 0 Å². The molecule has 0 saturated heterocycles. The van der Waals surface area contributed by atoms with E-state index in [9.17, 15) is 0 Å². The molecule has 78 valence electrons. The van der Waals surface area contributed by atoms with Crippen LogP contribution in [-0.4, -0.2) is 15.0 Å². The molecule has 2 heterocycles. The fraction of sp³-hybridized carbons (Fsp3) is 0.222. The Morgan fingerprint density at radius 3 is 2.93 bits per heavy atom. The van der Waals surface area contributed by atoms with Crippen LogP contribution in [0.3, 0.4) is 0 Å². The highest BCUT2D eigenvalue weighted by atomic mass is 16.4. The largest absolute Gasteiger partial charge is 0.444 e. The van der Waals surface area contributed by atoms with Crippen LogP contribution in [0, 0.1) is 6.92 Å². The predicted molar refractivity (Wildman–Crippen MR) is 55.0 cm³/mol. The molecule has 0 aliphatic carbocycles. The molecule has 0 unspecified atom stereocenters. The van der Waals surface area contributed by atoms with Gasteiger partial charge in [0.2, 0.25) is 5.89 Å². The Morgan fingerprint density at radius 2 is 2.27 bits per heavy atom. The summed E-state index contributed by atoms with van der Waals surface area (Å²) in [6.07, 6.45) is 4.74. The lowest BCUT2D eigenvalue weighted by Crippen LogP contribution is -2.03. The molecule has 0 aromatic carbocycles. The lowest BCUT2D eigenvalue weighted by molar-refractivity contribution is 0.479. The van der Waals surface area contributed by atoms with Crippen LogP contribution in [0.25, 0.3) is 0 Å². The fourth-order valence-corrected chi connectivity index (χ4v) is 1.12. The summed E-state index contributed by atoms with van der Waals surface area (Å²) in [5.41, 5.74) is 5.48. The zero-order valence-electron chi connectivity index (χ0n) is 8.27. The molecule has 2 aromatic heterocycles. The van der Waals surface area contributed by atoms with Crippen molar-refractivity contribution >= 4 is 11.6 Å². The summed E-state index contributed by atoms with van der Waals surface area (Å²) in [6.45, 7) is 2.31. The van der Waals surface area contributed by atoms with Crippen LogP contribution in [0.4, 0.5) is 11.6 Å². The van der Waals surface area contributed by atoms with Crippen LogP contribution in [-0.2, 0) is 6.54 Å². The Morgan fingerprint density at radius 1 is 1.40 bits per heavy atom. The number of nitrogens with one attached hydrogen (secondary N) is 1. The van der Waals surface area contributed by atoms with Crippen molar-refractivity contribution in [1.82, 2.24) is 15.0 Å². The molecule has 0 saturated carbocycles. The maximum absolute atomic E-state index is 5.48. The van der Waals surface area contributed by atoms with E-state index in [1.165, 1.54) is 6.20 Å². The number of nitrogens with zero attached hydrogens (tertiary/aromatic N) is 3. The first-order chi connectivity index (χ1) is 7.24. The summed E-state index contributed by atoms with van der Waals surface area (Å²) < 4.78 is 5.28. The molecule has 0 aliphatic heterocycles. The van der Waals surface area contributed by atoms with Crippen LogP contribution >= 0.6 is 0 Å². The molecule has 2 rings (SSSR count). The molecular weight excluding hydrogens is 194 g/mol. The summed E-state index contributed by atoms with van der Waals surface area (Å²) >= 11 is 0. The zero-order chi connectivity index (χ0) is 10.7. The van der Waals surface area contributed by atoms with Crippen molar-refractivity contribution in [3.05, 3.63) is 30.2 Å². The van der Waals surface area contributed by atoms with Gasteiger partial charge in [-0.3, -0.25) is 4.98 Å². The number of anilines is 2. The number of nitrogen functional groups attached to an aromatic ring is 1. The van der Waals surface area contributed by atoms with Crippen LogP contribution in [0.2, 0.25) is 0 Å². The minimum Gasteiger partial charge on any atom is -0.444 e. The van der Waals surface area contributed by atoms with Gasteiger partial charge in [-0.25, -0.2) is 9.97 Å². The molecule has 6 heteroatoms. The SMILES string of the molecule is Cc1cnc(CNc2cncc(N)n2)o1. The van der Waals surface area contributed by atoms with E-state index < -0.39 is 0 Å². The average Bonchev–Trinajstić information content (AvgIpc) is 2.62. The van der Waals surface area contributed by atoms with Gasteiger partial charge in [-0.05, 0) is 6.92 Å². The van der Waals surface area contributed by atoms with Gasteiger partial charge < -0.3 is 15.5 Å². The minimum absolute atomic E-state index is 0.378. The average molecular weight is 205 g/mol. The second-order valence-corrected chi connectivity index (χ2v) is 3.05. The van der Waals surface area contributed by atoms with Gasteiger partial charge in [0.15, 0.2) is 0 Å². The smallest absolute Gasteiger partial charge is 0.213 e. The molecule has 0 atom stereocenters. The van der Waals surface area contributed by atoms with Crippen molar-refractivity contribution in [2.45, 2.75) is 13.5 Å². The van der Waals surface area contributed by atoms with Crippen LogP contribution < -0.4 is 11.1 Å². The maximum Gasteiger partial charge on any atom is 0.213 e. The highest BCUT2D eigenvalue weighted by Crippen LogP contribution is 2.06. The number of oxazole rings is 1. The first kappa shape index (κ1) is 9.45. The van der Waals surface area contributed by atoms with Crippen molar-refractivity contribution in [2.75, 3.05) is 11.1 Å². The Balaban J connectivity index is 1.99. The van der Waals surface area contributed by atoms with Crippen molar-refractivity contribution in [3.8, 4) is 0 Å². The van der Waals surface area contributed by atoms with Crippen molar-refractivity contribution < 1.29 is 4.42 Å². The number of aryl methyl sites for hydroxylation is 1. The number of hydrogen-bond acceptors (Lipinski definition) is 6. The molecular formula is C9H11N5O. The lowest BCUT2D eigenvalue weighted by Gasteiger charge is -2.02. The first-order valence-corrected chi connectivity index (χ1v) is 4.47. The Bertz CT molecular complexity index is 453. The standard InChI is InChI=1S/C9H11N5O/c1-6-2-13-9(15-6)5-12-8-4-11-3-7(10)14-8/h2-4H,5H2,1H3,(H3,10,12,14). The third-order valence-corrected chi connectivity index (χ3v) is 1.74. The van der Waals surface area contributed by atoms with Gasteiger partial charge in [-0.15, -0.1) is 0 Å². The van der Waals surface area contributed by atoms with E-state index in [-0.39, 0.29) is 0 Å². The van der Waals surface area contributed by atoms with Gasteiger partial charge in [-0.2, -0.15) is 0 Å². The number of aromatic nitrogens is 3. The van der Waals surface area contributed by atoms with E-state index in [1.54, 1.807) is 12.4 Å². The Labute approximate surface area is 86.6 Å². The third kappa shape index (κ3) is 2.43. The molecule has 6 nitrogen and oxygen atoms in total. The molecule has 15 heavy (non-hydrogen) atoms. The van der Waals surface area contributed by atoms with Gasteiger partial charge in [0.25, 0.3) is 0 Å². The number of hydrogen-bond donors (Lipinski definition) is 2. The lowest BCUT2D eigenvalue weighted by atomic mass is 10.5. The van der Waals surface area contributed by atoms with Gasteiger partial charge in [0.1, 0.15) is 17.4 Å². The number of rotatable bonds is 3. The Hall–Kier alpha value is -2.11. The fourth-order valence-electron chi connectivity index (χ4n) is 1.12. The third-order valence-electron chi connectivity index (χ3n) is 1.74. The van der Waals surface area contributed by atoms with E-state index in [0.717, 1.165) is 5.76 Å². The van der Waals surface area contributed by atoms with E-state index in [1.807, 2.05) is 6.92 Å². The predicted octanol–water partition coefficient (Wildman–Crippen LogP) is 0.967. The molecule has 0 spiro atoms. The van der Waals surface area contributed by atoms with Gasteiger partial charge >= 0.3 is 0 Å². The zero-order valence-corrected chi connectivity index (χ0v) is 8.27. The summed E-state index contributed by atoms with van der Waals surface area (Å²) in [4.78, 5) is 12.0. The molecule has 0 fully saturated rings. The normalized spacial score (nSPS) is 10.2. The van der Waals surface area contributed by atoms with E-state index in [0.29, 0.717) is 24.1 Å². The first-order valence-electron chi connectivity index (χ1n) is 4.47. The summed E-state index contributed by atoms with van der Waals surface area (Å²) in [5, 5.41) is 3.01. The molecule has 0 amide bonds. The minimum atomic E-state index is 0.378.